The lowest BCUT2D eigenvalue weighted by Gasteiger charge is -2.22. The van der Waals surface area contributed by atoms with Gasteiger partial charge in [-0.05, 0) is 18.2 Å². The van der Waals surface area contributed by atoms with Crippen LogP contribution >= 0.6 is 0 Å². The number of nitrogens with one attached hydrogen (secondary N) is 1. The van der Waals surface area contributed by atoms with Gasteiger partial charge in [0.05, 0.1) is 4.90 Å². The predicted molar refractivity (Wildman–Crippen MR) is 66.4 cm³/mol. The lowest BCUT2D eigenvalue weighted by atomic mass is 10.1. The predicted octanol–water partition coefficient (Wildman–Crippen LogP) is 0.274. The number of hydrogen-bond donors (Lipinski definition) is 1. The molecule has 1 atom stereocenters. The molecule has 19 heavy (non-hydrogen) atoms. The zero-order chi connectivity index (χ0) is 14.0. The van der Waals surface area contributed by atoms with Crippen LogP contribution in [0.4, 0.5) is 0 Å². The summed E-state index contributed by atoms with van der Waals surface area (Å²) in [5, 5.41) is 2.17. The van der Waals surface area contributed by atoms with Gasteiger partial charge < -0.3 is 4.74 Å². The highest BCUT2D eigenvalue weighted by atomic mass is 32.2. The lowest BCUT2D eigenvalue weighted by molar-refractivity contribution is -0.138. The van der Waals surface area contributed by atoms with Crippen LogP contribution in [0.15, 0.2) is 29.2 Å². The number of piperidine rings is 1. The second-order valence-corrected chi connectivity index (χ2v) is 6.32. The number of imide groups is 1. The van der Waals surface area contributed by atoms with E-state index in [1.807, 2.05) is 0 Å². The quantitative estimate of drug-likeness (QED) is 0.804. The summed E-state index contributed by atoms with van der Waals surface area (Å²) >= 11 is 0. The molecule has 102 valence electrons. The Hall–Kier alpha value is -1.89. The molecule has 1 N–H and O–H groups in total. The number of benzene rings is 1. The Bertz CT molecular complexity index is 623. The van der Waals surface area contributed by atoms with Crippen molar-refractivity contribution in [3.63, 3.8) is 0 Å². The standard InChI is InChI=1S/C12H13NO5S/c1-19(16,17)9-4-2-3-8(7-9)18-10-5-6-11(14)13-12(10)15/h2-4,7,10H,5-6H2,1H3,(H,13,14,15). The molecule has 0 radical (unpaired) electrons. The molecule has 7 heteroatoms. The number of ether oxygens (including phenoxy) is 1. The average molecular weight is 283 g/mol. The van der Waals surface area contributed by atoms with E-state index in [-0.39, 0.29) is 29.4 Å². The fourth-order valence-corrected chi connectivity index (χ4v) is 2.38. The van der Waals surface area contributed by atoms with E-state index < -0.39 is 21.8 Å². The third kappa shape index (κ3) is 3.31. The van der Waals surface area contributed by atoms with Crippen LogP contribution in [-0.4, -0.2) is 32.6 Å². The molecule has 1 aliphatic heterocycles. The van der Waals surface area contributed by atoms with Crippen molar-refractivity contribution in [2.24, 2.45) is 0 Å². The molecular formula is C12H13NO5S. The number of rotatable bonds is 3. The molecule has 0 bridgehead atoms. The van der Waals surface area contributed by atoms with Crippen molar-refractivity contribution in [3.8, 4) is 5.75 Å². The average Bonchev–Trinajstić information content (AvgIpc) is 2.32. The number of amides is 2. The Balaban J connectivity index is 2.16. The first-order valence-electron chi connectivity index (χ1n) is 5.67. The van der Waals surface area contributed by atoms with Crippen molar-refractivity contribution >= 4 is 21.7 Å². The molecule has 0 saturated carbocycles. The van der Waals surface area contributed by atoms with E-state index in [1.54, 1.807) is 6.07 Å². The fraction of sp³-hybridized carbons (Fsp3) is 0.333. The van der Waals surface area contributed by atoms with E-state index in [0.717, 1.165) is 6.26 Å². The molecule has 1 unspecified atom stereocenters. The molecule has 0 aromatic heterocycles. The van der Waals surface area contributed by atoms with Crippen LogP contribution in [0.3, 0.4) is 0 Å². The monoisotopic (exact) mass is 283 g/mol. The molecule has 1 aromatic carbocycles. The van der Waals surface area contributed by atoms with Gasteiger partial charge in [0.25, 0.3) is 5.91 Å². The summed E-state index contributed by atoms with van der Waals surface area (Å²) in [7, 11) is -3.32. The second kappa shape index (κ2) is 5.00. The van der Waals surface area contributed by atoms with Gasteiger partial charge >= 0.3 is 0 Å². The molecule has 1 saturated heterocycles. The van der Waals surface area contributed by atoms with E-state index in [1.165, 1.54) is 18.2 Å². The number of carbonyl (C=O) groups excluding carboxylic acids is 2. The van der Waals surface area contributed by atoms with Gasteiger partial charge in [-0.2, -0.15) is 0 Å². The van der Waals surface area contributed by atoms with Gasteiger partial charge in [0.15, 0.2) is 15.9 Å². The summed E-state index contributed by atoms with van der Waals surface area (Å²) in [6, 6.07) is 5.92. The SMILES string of the molecule is CS(=O)(=O)c1cccc(OC2CCC(=O)NC2=O)c1. The molecule has 0 spiro atoms. The molecule has 1 aliphatic rings. The van der Waals surface area contributed by atoms with Crippen molar-refractivity contribution in [2.45, 2.75) is 23.8 Å². The maximum Gasteiger partial charge on any atom is 0.267 e. The highest BCUT2D eigenvalue weighted by Gasteiger charge is 2.28. The maximum absolute atomic E-state index is 11.5. The van der Waals surface area contributed by atoms with Crippen molar-refractivity contribution in [1.29, 1.82) is 0 Å². The van der Waals surface area contributed by atoms with Crippen LogP contribution < -0.4 is 10.1 Å². The molecule has 2 rings (SSSR count). The van der Waals surface area contributed by atoms with Gasteiger partial charge in [-0.15, -0.1) is 0 Å². The first-order chi connectivity index (χ1) is 8.86. The van der Waals surface area contributed by atoms with Crippen molar-refractivity contribution in [2.75, 3.05) is 6.26 Å². The van der Waals surface area contributed by atoms with Gasteiger partial charge in [-0.3, -0.25) is 14.9 Å². The smallest absolute Gasteiger partial charge is 0.267 e. The zero-order valence-corrected chi connectivity index (χ0v) is 11.1. The minimum atomic E-state index is -3.32. The minimum Gasteiger partial charge on any atom is -0.481 e. The van der Waals surface area contributed by atoms with Gasteiger partial charge in [0.2, 0.25) is 5.91 Å². The molecule has 0 aliphatic carbocycles. The van der Waals surface area contributed by atoms with Gasteiger partial charge in [0, 0.05) is 19.1 Å². The van der Waals surface area contributed by atoms with E-state index in [2.05, 4.69) is 5.32 Å². The number of carbonyl (C=O) groups is 2. The first-order valence-corrected chi connectivity index (χ1v) is 7.56. The number of sulfone groups is 1. The van der Waals surface area contributed by atoms with Crippen LogP contribution in [0.25, 0.3) is 0 Å². The van der Waals surface area contributed by atoms with E-state index >= 15 is 0 Å². The van der Waals surface area contributed by atoms with Crippen LogP contribution in [0, 0.1) is 0 Å². The first kappa shape index (κ1) is 13.5. The highest BCUT2D eigenvalue weighted by molar-refractivity contribution is 7.90. The minimum absolute atomic E-state index is 0.122. The summed E-state index contributed by atoms with van der Waals surface area (Å²) in [6.07, 6.45) is 0.820. The Kier molecular flexibility index (Phi) is 3.57. The molecule has 1 fully saturated rings. The largest absolute Gasteiger partial charge is 0.481 e. The van der Waals surface area contributed by atoms with Crippen LogP contribution in [0.1, 0.15) is 12.8 Å². The third-order valence-electron chi connectivity index (χ3n) is 2.70. The van der Waals surface area contributed by atoms with E-state index in [9.17, 15) is 18.0 Å². The van der Waals surface area contributed by atoms with Crippen LogP contribution in [0.5, 0.6) is 5.75 Å². The lowest BCUT2D eigenvalue weighted by Crippen LogP contribution is -2.46. The Morgan fingerprint density at radius 3 is 2.68 bits per heavy atom. The van der Waals surface area contributed by atoms with Crippen molar-refractivity contribution in [3.05, 3.63) is 24.3 Å². The van der Waals surface area contributed by atoms with Crippen molar-refractivity contribution < 1.29 is 22.7 Å². The summed E-state index contributed by atoms with van der Waals surface area (Å²) in [5.74, 6) is -0.534. The molecule has 2 amide bonds. The normalized spacial score (nSPS) is 19.9. The Labute approximate surface area is 110 Å². The topological polar surface area (TPSA) is 89.5 Å². The second-order valence-electron chi connectivity index (χ2n) is 4.30. The van der Waals surface area contributed by atoms with Gasteiger partial charge in [-0.1, -0.05) is 6.07 Å². The van der Waals surface area contributed by atoms with Crippen molar-refractivity contribution in [1.82, 2.24) is 5.32 Å². The summed E-state index contributed by atoms with van der Waals surface area (Å²) in [6.45, 7) is 0. The van der Waals surface area contributed by atoms with E-state index in [4.69, 9.17) is 4.74 Å². The fourth-order valence-electron chi connectivity index (χ4n) is 1.73. The third-order valence-corrected chi connectivity index (χ3v) is 3.81. The zero-order valence-electron chi connectivity index (χ0n) is 10.3. The van der Waals surface area contributed by atoms with E-state index in [0.29, 0.717) is 0 Å². The molecule has 1 aromatic rings. The molecular weight excluding hydrogens is 270 g/mol. The molecule has 1 heterocycles. The van der Waals surface area contributed by atoms with Crippen LogP contribution in [-0.2, 0) is 19.4 Å². The maximum atomic E-state index is 11.5. The number of hydrogen-bond acceptors (Lipinski definition) is 5. The van der Waals surface area contributed by atoms with Gasteiger partial charge in [-0.25, -0.2) is 8.42 Å². The summed E-state index contributed by atoms with van der Waals surface area (Å²) in [4.78, 5) is 22.6. The van der Waals surface area contributed by atoms with Gasteiger partial charge in [0.1, 0.15) is 5.75 Å². The highest BCUT2D eigenvalue weighted by Crippen LogP contribution is 2.20. The Morgan fingerprint density at radius 2 is 2.05 bits per heavy atom. The molecule has 6 nitrogen and oxygen atoms in total. The summed E-state index contributed by atoms with van der Waals surface area (Å²) < 4.78 is 28.2. The summed E-state index contributed by atoms with van der Waals surface area (Å²) in [5.41, 5.74) is 0. The Morgan fingerprint density at radius 1 is 1.32 bits per heavy atom. The van der Waals surface area contributed by atoms with Crippen LogP contribution in [0.2, 0.25) is 0 Å².